The maximum Gasteiger partial charge on any atom is 0.0243 e. The van der Waals surface area contributed by atoms with Gasteiger partial charge in [0.2, 0.25) is 0 Å². The molecule has 0 unspecified atom stereocenters. The van der Waals surface area contributed by atoms with Gasteiger partial charge < -0.3 is 0 Å². The molecule has 0 heterocycles. The summed E-state index contributed by atoms with van der Waals surface area (Å²) < 4.78 is 0. The van der Waals surface area contributed by atoms with E-state index < -0.39 is 0 Å². The summed E-state index contributed by atoms with van der Waals surface area (Å²) in [5.74, 6) is 0. The van der Waals surface area contributed by atoms with Crippen molar-refractivity contribution in [1.29, 1.82) is 0 Å². The Balaban J connectivity index is 2.92. The molecule has 40 valence electrons. The molecule has 0 aliphatic heterocycles. The minimum Gasteiger partial charge on any atom is -0.287 e. The molecule has 0 bridgehead atoms. The molecule has 0 aromatic carbocycles. The van der Waals surface area contributed by atoms with Crippen molar-refractivity contribution in [3.8, 4) is 0 Å². The van der Waals surface area contributed by atoms with Crippen molar-refractivity contribution in [2.45, 2.75) is 13.3 Å². The third-order valence-electron chi connectivity index (χ3n) is 0.440. The predicted molar refractivity (Wildman–Crippen MR) is 32.1 cm³/mol. The molecule has 0 amide bonds. The van der Waals surface area contributed by atoms with E-state index in [2.05, 4.69) is 17.1 Å². The van der Waals surface area contributed by atoms with E-state index in [1.807, 2.05) is 6.92 Å². The van der Waals surface area contributed by atoms with Gasteiger partial charge in [-0.05, 0) is 6.42 Å². The van der Waals surface area contributed by atoms with Crippen LogP contribution >= 0.6 is 0 Å². The number of nitrogens with one attached hydrogen (secondary N) is 1. The molecule has 7 heavy (non-hydrogen) atoms. The summed E-state index contributed by atoms with van der Waals surface area (Å²) in [7, 11) is 0. The minimum atomic E-state index is 0.959. The first-order valence-electron chi connectivity index (χ1n) is 2.29. The van der Waals surface area contributed by atoms with Crippen LogP contribution < -0.4 is 5.43 Å². The van der Waals surface area contributed by atoms with Crippen LogP contribution in [0.4, 0.5) is 0 Å². The van der Waals surface area contributed by atoms with Crippen molar-refractivity contribution in [2.24, 2.45) is 5.10 Å². The van der Waals surface area contributed by atoms with Gasteiger partial charge in [0.1, 0.15) is 0 Å². The highest BCUT2D eigenvalue weighted by Gasteiger charge is 1.60. The summed E-state index contributed by atoms with van der Waals surface area (Å²) in [4.78, 5) is 0. The largest absolute Gasteiger partial charge is 0.287 e. The highest BCUT2D eigenvalue weighted by Crippen LogP contribution is 1.63. The van der Waals surface area contributed by atoms with Crippen LogP contribution in [0.1, 0.15) is 13.3 Å². The molecule has 0 fully saturated rings. The van der Waals surface area contributed by atoms with Crippen LogP contribution in [-0.2, 0) is 0 Å². The molecule has 0 spiro atoms. The zero-order valence-corrected chi connectivity index (χ0v) is 4.52. The number of hydrogen-bond acceptors (Lipinski definition) is 2. The number of hydrazone groups is 1. The normalized spacial score (nSPS) is 9.29. The second-order valence-corrected chi connectivity index (χ2v) is 1.05. The Hall–Kier alpha value is -0.790. The third-order valence-corrected chi connectivity index (χ3v) is 0.440. The fourth-order valence-corrected chi connectivity index (χ4v) is 0.197. The zero-order chi connectivity index (χ0) is 5.54. The average Bonchev–Trinajstić information content (AvgIpc) is 1.69. The molecule has 2 heteroatoms. The van der Waals surface area contributed by atoms with E-state index in [1.54, 1.807) is 6.21 Å². The van der Waals surface area contributed by atoms with Crippen LogP contribution in [0.2, 0.25) is 0 Å². The van der Waals surface area contributed by atoms with Crippen LogP contribution in [0.25, 0.3) is 0 Å². The van der Waals surface area contributed by atoms with Crippen molar-refractivity contribution < 1.29 is 0 Å². The van der Waals surface area contributed by atoms with E-state index in [0.29, 0.717) is 0 Å². The SMILES string of the molecule is C=CN/N=C/CC. The van der Waals surface area contributed by atoms with Gasteiger partial charge >= 0.3 is 0 Å². The van der Waals surface area contributed by atoms with Gasteiger partial charge in [-0.1, -0.05) is 13.5 Å². The van der Waals surface area contributed by atoms with Crippen molar-refractivity contribution in [1.82, 2.24) is 5.43 Å². The summed E-state index contributed by atoms with van der Waals surface area (Å²) in [5.41, 5.74) is 2.58. The van der Waals surface area contributed by atoms with E-state index in [-0.39, 0.29) is 0 Å². The Kier molecular flexibility index (Phi) is 4.62. The van der Waals surface area contributed by atoms with E-state index in [1.165, 1.54) is 6.20 Å². The number of hydrogen-bond donors (Lipinski definition) is 1. The monoisotopic (exact) mass is 98.1 g/mol. The molecule has 0 atom stereocenters. The molecule has 0 aromatic heterocycles. The van der Waals surface area contributed by atoms with E-state index in [9.17, 15) is 0 Å². The summed E-state index contributed by atoms with van der Waals surface area (Å²) >= 11 is 0. The van der Waals surface area contributed by atoms with E-state index in [4.69, 9.17) is 0 Å². The average molecular weight is 98.1 g/mol. The zero-order valence-electron chi connectivity index (χ0n) is 4.52. The fraction of sp³-hybridized carbons (Fsp3) is 0.400. The highest BCUT2D eigenvalue weighted by molar-refractivity contribution is 5.56. The first kappa shape index (κ1) is 6.21. The second kappa shape index (κ2) is 5.21. The van der Waals surface area contributed by atoms with Gasteiger partial charge in [0.25, 0.3) is 0 Å². The molecule has 0 radical (unpaired) electrons. The van der Waals surface area contributed by atoms with Crippen molar-refractivity contribution in [3.63, 3.8) is 0 Å². The lowest BCUT2D eigenvalue weighted by Crippen LogP contribution is -1.90. The first-order chi connectivity index (χ1) is 3.41. The van der Waals surface area contributed by atoms with Gasteiger partial charge in [0.15, 0.2) is 0 Å². The quantitative estimate of drug-likeness (QED) is 0.415. The molecule has 0 aliphatic carbocycles. The third kappa shape index (κ3) is 5.21. The van der Waals surface area contributed by atoms with Crippen LogP contribution in [0, 0.1) is 0 Å². The van der Waals surface area contributed by atoms with E-state index >= 15 is 0 Å². The van der Waals surface area contributed by atoms with Crippen LogP contribution in [0.5, 0.6) is 0 Å². The standard InChI is InChI=1S/C5H10N2/c1-3-5-7-6-4-2/h4-6H,2-3H2,1H3/b7-5+. The maximum atomic E-state index is 3.72. The lowest BCUT2D eigenvalue weighted by Gasteiger charge is -1.81. The Morgan fingerprint density at radius 1 is 1.86 bits per heavy atom. The Morgan fingerprint density at radius 3 is 3.00 bits per heavy atom. The fourth-order valence-electron chi connectivity index (χ4n) is 0.197. The first-order valence-corrected chi connectivity index (χ1v) is 2.29. The lowest BCUT2D eigenvalue weighted by atomic mass is 10.6. The van der Waals surface area contributed by atoms with Gasteiger partial charge in [-0.15, -0.1) is 0 Å². The Bertz CT molecular complexity index is 66.5. The van der Waals surface area contributed by atoms with Crippen molar-refractivity contribution in [3.05, 3.63) is 12.8 Å². The highest BCUT2D eigenvalue weighted by atomic mass is 15.3. The Morgan fingerprint density at radius 2 is 2.57 bits per heavy atom. The molecular formula is C5H10N2. The van der Waals surface area contributed by atoms with Gasteiger partial charge in [0.05, 0.1) is 0 Å². The summed E-state index contributed by atoms with van der Waals surface area (Å²) in [5, 5.41) is 3.72. The molecule has 1 N–H and O–H groups in total. The number of nitrogens with zero attached hydrogens (tertiary/aromatic N) is 1. The van der Waals surface area contributed by atoms with Crippen molar-refractivity contribution >= 4 is 6.21 Å². The van der Waals surface area contributed by atoms with Gasteiger partial charge in [-0.2, -0.15) is 5.10 Å². The van der Waals surface area contributed by atoms with Crippen LogP contribution in [0.3, 0.4) is 0 Å². The summed E-state index contributed by atoms with van der Waals surface area (Å²) in [6, 6.07) is 0. The molecule has 0 aromatic rings. The summed E-state index contributed by atoms with van der Waals surface area (Å²) in [6.45, 7) is 5.43. The minimum absolute atomic E-state index is 0.959. The summed E-state index contributed by atoms with van der Waals surface area (Å²) in [6.07, 6.45) is 4.27. The van der Waals surface area contributed by atoms with Crippen LogP contribution in [0.15, 0.2) is 17.9 Å². The van der Waals surface area contributed by atoms with Gasteiger partial charge in [-0.3, -0.25) is 5.43 Å². The van der Waals surface area contributed by atoms with Gasteiger partial charge in [0, 0.05) is 12.4 Å². The van der Waals surface area contributed by atoms with Gasteiger partial charge in [-0.25, -0.2) is 0 Å². The lowest BCUT2D eigenvalue weighted by molar-refractivity contribution is 0.970. The predicted octanol–water partition coefficient (Wildman–Crippen LogP) is 1.12. The molecule has 0 saturated heterocycles. The molecule has 0 rings (SSSR count). The molecule has 0 aliphatic rings. The molecule has 2 nitrogen and oxygen atoms in total. The smallest absolute Gasteiger partial charge is 0.0243 e. The second-order valence-electron chi connectivity index (χ2n) is 1.05. The molecule has 0 saturated carbocycles. The number of rotatable bonds is 3. The van der Waals surface area contributed by atoms with E-state index in [0.717, 1.165) is 6.42 Å². The Labute approximate surface area is 43.9 Å². The maximum absolute atomic E-state index is 3.72. The molecular weight excluding hydrogens is 88.1 g/mol. The van der Waals surface area contributed by atoms with Crippen molar-refractivity contribution in [2.75, 3.05) is 0 Å². The topological polar surface area (TPSA) is 24.4 Å². The van der Waals surface area contributed by atoms with Crippen LogP contribution in [-0.4, -0.2) is 6.21 Å².